The van der Waals surface area contributed by atoms with Gasteiger partial charge < -0.3 is 9.63 Å². The lowest BCUT2D eigenvalue weighted by Gasteiger charge is -2.07. The number of pyridine rings is 1. The largest absolute Gasteiger partial charge is 0.384 e. The van der Waals surface area contributed by atoms with E-state index in [1.54, 1.807) is 13.1 Å². The molecule has 2 atom stereocenters. The van der Waals surface area contributed by atoms with Crippen LogP contribution in [0.15, 0.2) is 27.3 Å². The second-order valence-corrected chi connectivity index (χ2v) is 4.61. The number of aromatic nitrogens is 3. The van der Waals surface area contributed by atoms with Crippen molar-refractivity contribution in [3.05, 3.63) is 40.2 Å². The standard InChI is InChI=1S/C11H12BrN3O2/c1-6(9-8(12)4-3-5-13-9)10-14-11(7(2)16)17-15-10/h3-7,16H,1-2H3. The van der Waals surface area contributed by atoms with Crippen molar-refractivity contribution in [1.29, 1.82) is 0 Å². The Morgan fingerprint density at radius 3 is 2.76 bits per heavy atom. The van der Waals surface area contributed by atoms with Gasteiger partial charge >= 0.3 is 0 Å². The van der Waals surface area contributed by atoms with Gasteiger partial charge in [-0.15, -0.1) is 0 Å². The molecule has 6 heteroatoms. The third-order valence-corrected chi connectivity index (χ3v) is 3.07. The molecule has 5 nitrogen and oxygen atoms in total. The van der Waals surface area contributed by atoms with Gasteiger partial charge in [0.15, 0.2) is 5.82 Å². The summed E-state index contributed by atoms with van der Waals surface area (Å²) in [5.74, 6) is 0.640. The molecule has 0 fully saturated rings. The van der Waals surface area contributed by atoms with Gasteiger partial charge in [-0.25, -0.2) is 0 Å². The lowest BCUT2D eigenvalue weighted by molar-refractivity contribution is 0.151. The third kappa shape index (κ3) is 2.53. The minimum absolute atomic E-state index is 0.0955. The fraction of sp³-hybridized carbons (Fsp3) is 0.364. The Morgan fingerprint density at radius 1 is 1.41 bits per heavy atom. The average Bonchev–Trinajstić information content (AvgIpc) is 2.78. The number of aliphatic hydroxyl groups is 1. The van der Waals surface area contributed by atoms with Crippen molar-refractivity contribution in [3.63, 3.8) is 0 Å². The van der Waals surface area contributed by atoms with E-state index in [0.29, 0.717) is 5.82 Å². The normalized spacial score (nSPS) is 14.6. The van der Waals surface area contributed by atoms with E-state index in [2.05, 4.69) is 31.1 Å². The molecule has 2 heterocycles. The topological polar surface area (TPSA) is 72.0 Å². The highest BCUT2D eigenvalue weighted by Gasteiger charge is 2.20. The first-order valence-electron chi connectivity index (χ1n) is 5.21. The van der Waals surface area contributed by atoms with Crippen molar-refractivity contribution >= 4 is 15.9 Å². The van der Waals surface area contributed by atoms with E-state index in [1.165, 1.54) is 0 Å². The first kappa shape index (κ1) is 12.2. The molecule has 0 spiro atoms. The molecule has 0 aromatic carbocycles. The molecule has 1 N–H and O–H groups in total. The van der Waals surface area contributed by atoms with E-state index in [0.717, 1.165) is 10.2 Å². The molecule has 0 aliphatic heterocycles. The van der Waals surface area contributed by atoms with Crippen LogP contribution >= 0.6 is 15.9 Å². The second kappa shape index (κ2) is 4.93. The van der Waals surface area contributed by atoms with Crippen LogP contribution in [0, 0.1) is 0 Å². The number of halogens is 1. The Balaban J connectivity index is 2.31. The zero-order valence-electron chi connectivity index (χ0n) is 9.46. The fourth-order valence-corrected chi connectivity index (χ4v) is 2.03. The first-order chi connectivity index (χ1) is 8.09. The average molecular weight is 298 g/mol. The monoisotopic (exact) mass is 297 g/mol. The number of hydrogen-bond donors (Lipinski definition) is 1. The van der Waals surface area contributed by atoms with Crippen molar-refractivity contribution in [2.75, 3.05) is 0 Å². The zero-order chi connectivity index (χ0) is 12.4. The number of hydrogen-bond acceptors (Lipinski definition) is 5. The summed E-state index contributed by atoms with van der Waals surface area (Å²) in [6.07, 6.45) is 0.960. The van der Waals surface area contributed by atoms with Gasteiger partial charge in [-0.3, -0.25) is 4.98 Å². The summed E-state index contributed by atoms with van der Waals surface area (Å²) in [7, 11) is 0. The van der Waals surface area contributed by atoms with Crippen molar-refractivity contribution in [3.8, 4) is 0 Å². The maximum Gasteiger partial charge on any atom is 0.255 e. The maximum atomic E-state index is 9.32. The summed E-state index contributed by atoms with van der Waals surface area (Å²) in [5.41, 5.74) is 0.838. The van der Waals surface area contributed by atoms with Gasteiger partial charge in [0.05, 0.1) is 11.6 Å². The highest BCUT2D eigenvalue weighted by atomic mass is 79.9. The molecule has 0 radical (unpaired) electrons. The Labute approximate surface area is 107 Å². The summed E-state index contributed by atoms with van der Waals surface area (Å²) in [6, 6.07) is 3.76. The molecule has 17 heavy (non-hydrogen) atoms. The SMILES string of the molecule is CC(O)c1nc(C(C)c2ncccc2Br)no1. The minimum Gasteiger partial charge on any atom is -0.384 e. The maximum absolute atomic E-state index is 9.32. The van der Waals surface area contributed by atoms with Crippen LogP contribution in [-0.2, 0) is 0 Å². The molecule has 0 amide bonds. The summed E-state index contributed by atoms with van der Waals surface area (Å²) >= 11 is 3.43. The van der Waals surface area contributed by atoms with Crippen LogP contribution in [-0.4, -0.2) is 20.2 Å². The summed E-state index contributed by atoms with van der Waals surface area (Å²) in [4.78, 5) is 8.42. The molecular weight excluding hydrogens is 286 g/mol. The Morgan fingerprint density at radius 2 is 2.18 bits per heavy atom. The molecule has 90 valence electrons. The van der Waals surface area contributed by atoms with Crippen LogP contribution in [0.4, 0.5) is 0 Å². The predicted octanol–water partition coefficient (Wildman–Crippen LogP) is 2.43. The van der Waals surface area contributed by atoms with Crippen molar-refractivity contribution in [2.45, 2.75) is 25.9 Å². The molecule has 2 aromatic rings. The van der Waals surface area contributed by atoms with Crippen molar-refractivity contribution in [2.24, 2.45) is 0 Å². The van der Waals surface area contributed by atoms with Gasteiger partial charge in [0.1, 0.15) is 6.10 Å². The van der Waals surface area contributed by atoms with Crippen LogP contribution in [0.3, 0.4) is 0 Å². The summed E-state index contributed by atoms with van der Waals surface area (Å²) in [6.45, 7) is 3.52. The van der Waals surface area contributed by atoms with Crippen LogP contribution in [0.2, 0.25) is 0 Å². The van der Waals surface area contributed by atoms with Gasteiger partial charge in [0.2, 0.25) is 0 Å². The molecule has 2 rings (SSSR count). The summed E-state index contributed by atoms with van der Waals surface area (Å²) < 4.78 is 5.85. The van der Waals surface area contributed by atoms with Crippen LogP contribution < -0.4 is 0 Å². The van der Waals surface area contributed by atoms with Gasteiger partial charge in [0.25, 0.3) is 5.89 Å². The van der Waals surface area contributed by atoms with Crippen LogP contribution in [0.1, 0.15) is 43.3 Å². The lowest BCUT2D eigenvalue weighted by atomic mass is 10.1. The smallest absolute Gasteiger partial charge is 0.255 e. The zero-order valence-corrected chi connectivity index (χ0v) is 11.0. The molecule has 0 aliphatic carbocycles. The first-order valence-corrected chi connectivity index (χ1v) is 6.01. The molecular formula is C11H12BrN3O2. The quantitative estimate of drug-likeness (QED) is 0.942. The number of rotatable bonds is 3. The van der Waals surface area contributed by atoms with Crippen molar-refractivity contribution < 1.29 is 9.63 Å². The summed E-state index contributed by atoms with van der Waals surface area (Å²) in [5, 5.41) is 13.2. The molecule has 0 saturated heterocycles. The fourth-order valence-electron chi connectivity index (χ4n) is 1.43. The van der Waals surface area contributed by atoms with Gasteiger partial charge in [-0.05, 0) is 41.9 Å². The lowest BCUT2D eigenvalue weighted by Crippen LogP contribution is -2.02. The van der Waals surface area contributed by atoms with Crippen LogP contribution in [0.5, 0.6) is 0 Å². The molecule has 0 saturated carbocycles. The van der Waals surface area contributed by atoms with E-state index < -0.39 is 6.10 Å². The van der Waals surface area contributed by atoms with Gasteiger partial charge in [-0.2, -0.15) is 4.98 Å². The Bertz CT molecular complexity index is 513. The van der Waals surface area contributed by atoms with E-state index in [1.807, 2.05) is 19.1 Å². The van der Waals surface area contributed by atoms with E-state index >= 15 is 0 Å². The second-order valence-electron chi connectivity index (χ2n) is 3.76. The molecule has 2 unspecified atom stereocenters. The van der Waals surface area contributed by atoms with E-state index in [-0.39, 0.29) is 11.8 Å². The molecule has 0 bridgehead atoms. The third-order valence-electron chi connectivity index (χ3n) is 2.40. The van der Waals surface area contributed by atoms with E-state index in [4.69, 9.17) is 4.52 Å². The highest BCUT2D eigenvalue weighted by Crippen LogP contribution is 2.26. The van der Waals surface area contributed by atoms with Crippen LogP contribution in [0.25, 0.3) is 0 Å². The van der Waals surface area contributed by atoms with Gasteiger partial charge in [-0.1, -0.05) is 5.16 Å². The predicted molar refractivity (Wildman–Crippen MR) is 64.4 cm³/mol. The van der Waals surface area contributed by atoms with E-state index in [9.17, 15) is 5.11 Å². The van der Waals surface area contributed by atoms with Crippen molar-refractivity contribution in [1.82, 2.24) is 15.1 Å². The number of nitrogens with zero attached hydrogens (tertiary/aromatic N) is 3. The molecule has 0 aliphatic rings. The number of aliphatic hydroxyl groups excluding tert-OH is 1. The highest BCUT2D eigenvalue weighted by molar-refractivity contribution is 9.10. The van der Waals surface area contributed by atoms with Gasteiger partial charge in [0, 0.05) is 10.7 Å². The Hall–Kier alpha value is -1.27. The Kier molecular flexibility index (Phi) is 3.54. The minimum atomic E-state index is -0.754. The molecule has 2 aromatic heterocycles.